The molecule has 2 heterocycles. The fourth-order valence-corrected chi connectivity index (χ4v) is 4.12. The Morgan fingerprint density at radius 1 is 1.00 bits per heavy atom. The number of carbonyl (C=O) groups excluding carboxylic acids is 1. The number of hydrogen-bond donors (Lipinski definition) is 0. The minimum atomic E-state index is -0.292. The van der Waals surface area contributed by atoms with Crippen LogP contribution in [0.25, 0.3) is 5.69 Å². The molecule has 0 aliphatic carbocycles. The van der Waals surface area contributed by atoms with Gasteiger partial charge in [-0.1, -0.05) is 29.8 Å². The second kappa shape index (κ2) is 8.40. The number of benzene rings is 2. The number of aryl methyl sites for hydroxylation is 2. The van der Waals surface area contributed by atoms with E-state index in [1.807, 2.05) is 18.7 Å². The fraction of sp³-hybridized carbons (Fsp3) is 0.333. The topological polar surface area (TPSA) is 41.4 Å². The van der Waals surface area contributed by atoms with Crippen LogP contribution in [0.15, 0.2) is 48.5 Å². The summed E-state index contributed by atoms with van der Waals surface area (Å²) in [5.74, 6) is -0.270. The molecule has 0 atom stereocenters. The lowest BCUT2D eigenvalue weighted by Gasteiger charge is -2.35. The van der Waals surface area contributed by atoms with Gasteiger partial charge in [0.05, 0.1) is 22.6 Å². The number of halogens is 1. The van der Waals surface area contributed by atoms with Crippen molar-refractivity contribution >= 4 is 5.91 Å². The maximum Gasteiger partial charge on any atom is 0.257 e. The molecule has 2 aromatic carbocycles. The third kappa shape index (κ3) is 4.14. The van der Waals surface area contributed by atoms with Gasteiger partial charge >= 0.3 is 0 Å². The molecule has 0 spiro atoms. The SMILES string of the molecule is Cc1cccc(CN2CCN(C(=O)c3c(C)nn(-c4ccc(F)cc4)c3C)CC2)c1. The van der Waals surface area contributed by atoms with Gasteiger partial charge in [-0.15, -0.1) is 0 Å². The second-order valence-corrected chi connectivity index (χ2v) is 7.99. The summed E-state index contributed by atoms with van der Waals surface area (Å²) in [6, 6.07) is 14.7. The van der Waals surface area contributed by atoms with Crippen molar-refractivity contribution in [2.24, 2.45) is 0 Å². The second-order valence-electron chi connectivity index (χ2n) is 7.99. The zero-order chi connectivity index (χ0) is 21.3. The summed E-state index contributed by atoms with van der Waals surface area (Å²) in [7, 11) is 0. The number of nitrogens with zero attached hydrogens (tertiary/aromatic N) is 4. The summed E-state index contributed by atoms with van der Waals surface area (Å²) in [5, 5.41) is 4.54. The molecule has 3 aromatic rings. The van der Waals surface area contributed by atoms with Gasteiger partial charge in [0.2, 0.25) is 0 Å². The molecule has 1 aromatic heterocycles. The van der Waals surface area contributed by atoms with Crippen molar-refractivity contribution < 1.29 is 9.18 Å². The summed E-state index contributed by atoms with van der Waals surface area (Å²) < 4.78 is 15.0. The number of piperazine rings is 1. The van der Waals surface area contributed by atoms with Crippen LogP contribution in [0.4, 0.5) is 4.39 Å². The van der Waals surface area contributed by atoms with Crippen molar-refractivity contribution in [2.75, 3.05) is 26.2 Å². The molecule has 5 nitrogen and oxygen atoms in total. The first kappa shape index (κ1) is 20.3. The van der Waals surface area contributed by atoms with E-state index >= 15 is 0 Å². The smallest absolute Gasteiger partial charge is 0.257 e. The van der Waals surface area contributed by atoms with Crippen LogP contribution in [-0.2, 0) is 6.54 Å². The molecule has 1 amide bonds. The van der Waals surface area contributed by atoms with Crippen molar-refractivity contribution in [2.45, 2.75) is 27.3 Å². The average molecular weight is 407 g/mol. The summed E-state index contributed by atoms with van der Waals surface area (Å²) >= 11 is 0. The zero-order valence-electron chi connectivity index (χ0n) is 17.7. The van der Waals surface area contributed by atoms with Crippen molar-refractivity contribution in [1.82, 2.24) is 19.6 Å². The van der Waals surface area contributed by atoms with Gasteiger partial charge in [-0.3, -0.25) is 9.69 Å². The standard InChI is InChI=1S/C24H27FN4O/c1-17-5-4-6-20(15-17)16-27-11-13-28(14-12-27)24(30)23-18(2)26-29(19(23)3)22-9-7-21(25)8-10-22/h4-10,15H,11-14,16H2,1-3H3. The van der Waals surface area contributed by atoms with E-state index in [0.29, 0.717) is 24.3 Å². The van der Waals surface area contributed by atoms with Crippen molar-refractivity contribution in [3.8, 4) is 5.69 Å². The van der Waals surface area contributed by atoms with E-state index < -0.39 is 0 Å². The van der Waals surface area contributed by atoms with Gasteiger partial charge < -0.3 is 4.90 Å². The van der Waals surface area contributed by atoms with Crippen LogP contribution in [-0.4, -0.2) is 51.7 Å². The minimum absolute atomic E-state index is 0.0218. The molecule has 4 rings (SSSR count). The van der Waals surface area contributed by atoms with E-state index in [2.05, 4.69) is 41.2 Å². The third-order valence-corrected chi connectivity index (χ3v) is 5.72. The first-order chi connectivity index (χ1) is 14.4. The monoisotopic (exact) mass is 406 g/mol. The number of aromatic nitrogens is 2. The predicted molar refractivity (Wildman–Crippen MR) is 115 cm³/mol. The molecule has 0 saturated carbocycles. The maximum atomic E-state index is 13.3. The Morgan fingerprint density at radius 3 is 2.37 bits per heavy atom. The molecule has 6 heteroatoms. The van der Waals surface area contributed by atoms with Crippen LogP contribution in [0.1, 0.15) is 32.9 Å². The summed E-state index contributed by atoms with van der Waals surface area (Å²) in [6.45, 7) is 9.87. The largest absolute Gasteiger partial charge is 0.336 e. The van der Waals surface area contributed by atoms with Gasteiger partial charge in [-0.2, -0.15) is 5.10 Å². The Kier molecular flexibility index (Phi) is 5.68. The molecule has 1 aliphatic rings. The molecule has 1 fully saturated rings. The van der Waals surface area contributed by atoms with Crippen molar-refractivity contribution in [1.29, 1.82) is 0 Å². The fourth-order valence-electron chi connectivity index (χ4n) is 4.12. The van der Waals surface area contributed by atoms with E-state index in [0.717, 1.165) is 31.0 Å². The van der Waals surface area contributed by atoms with Gasteiger partial charge in [-0.05, 0) is 50.6 Å². The van der Waals surface area contributed by atoms with Gasteiger partial charge in [0, 0.05) is 32.7 Å². The summed E-state index contributed by atoms with van der Waals surface area (Å²) in [4.78, 5) is 17.5. The number of hydrogen-bond acceptors (Lipinski definition) is 3. The zero-order valence-corrected chi connectivity index (χ0v) is 17.7. The van der Waals surface area contributed by atoms with Crippen LogP contribution in [0.5, 0.6) is 0 Å². The van der Waals surface area contributed by atoms with Crippen LogP contribution >= 0.6 is 0 Å². The molecular weight excluding hydrogens is 379 g/mol. The first-order valence-corrected chi connectivity index (χ1v) is 10.3. The first-order valence-electron chi connectivity index (χ1n) is 10.3. The van der Waals surface area contributed by atoms with E-state index in [1.54, 1.807) is 16.8 Å². The molecule has 0 unspecified atom stereocenters. The lowest BCUT2D eigenvalue weighted by molar-refractivity contribution is 0.0627. The highest BCUT2D eigenvalue weighted by Crippen LogP contribution is 2.21. The molecule has 1 aliphatic heterocycles. The highest BCUT2D eigenvalue weighted by Gasteiger charge is 2.27. The summed E-state index contributed by atoms with van der Waals surface area (Å²) in [6.07, 6.45) is 0. The quantitative estimate of drug-likeness (QED) is 0.660. The lowest BCUT2D eigenvalue weighted by Crippen LogP contribution is -2.48. The Morgan fingerprint density at radius 2 is 1.70 bits per heavy atom. The maximum absolute atomic E-state index is 13.3. The van der Waals surface area contributed by atoms with Crippen LogP contribution < -0.4 is 0 Å². The Bertz CT molecular complexity index is 1050. The average Bonchev–Trinajstić information content (AvgIpc) is 3.03. The molecule has 0 radical (unpaired) electrons. The van der Waals surface area contributed by atoms with E-state index in [9.17, 15) is 9.18 Å². The van der Waals surface area contributed by atoms with Gasteiger partial charge in [0.15, 0.2) is 0 Å². The Labute approximate surface area is 176 Å². The number of amides is 1. The van der Waals surface area contributed by atoms with E-state index in [-0.39, 0.29) is 11.7 Å². The van der Waals surface area contributed by atoms with Gasteiger partial charge in [-0.25, -0.2) is 9.07 Å². The van der Waals surface area contributed by atoms with E-state index in [1.165, 1.54) is 23.3 Å². The Balaban J connectivity index is 1.45. The molecule has 156 valence electrons. The number of rotatable bonds is 4. The highest BCUT2D eigenvalue weighted by atomic mass is 19.1. The lowest BCUT2D eigenvalue weighted by atomic mass is 10.1. The minimum Gasteiger partial charge on any atom is -0.336 e. The number of carbonyl (C=O) groups is 1. The van der Waals surface area contributed by atoms with Crippen molar-refractivity contribution in [3.63, 3.8) is 0 Å². The molecule has 0 N–H and O–H groups in total. The molecule has 1 saturated heterocycles. The molecule has 0 bridgehead atoms. The van der Waals surface area contributed by atoms with Gasteiger partial charge in [0.25, 0.3) is 5.91 Å². The molecule has 30 heavy (non-hydrogen) atoms. The van der Waals surface area contributed by atoms with Crippen molar-refractivity contribution in [3.05, 3.63) is 82.4 Å². The third-order valence-electron chi connectivity index (χ3n) is 5.72. The predicted octanol–water partition coefficient (Wildman–Crippen LogP) is 3.89. The van der Waals surface area contributed by atoms with E-state index in [4.69, 9.17) is 0 Å². The van der Waals surface area contributed by atoms with Crippen LogP contribution in [0.3, 0.4) is 0 Å². The van der Waals surface area contributed by atoms with Crippen LogP contribution in [0, 0.1) is 26.6 Å². The normalized spacial score (nSPS) is 14.9. The van der Waals surface area contributed by atoms with Gasteiger partial charge in [0.1, 0.15) is 5.82 Å². The van der Waals surface area contributed by atoms with Crippen LogP contribution in [0.2, 0.25) is 0 Å². The Hall–Kier alpha value is -2.99. The molecular formula is C24H27FN4O. The highest BCUT2D eigenvalue weighted by molar-refractivity contribution is 5.96. The summed E-state index contributed by atoms with van der Waals surface area (Å²) in [5.41, 5.74) is 5.45.